The van der Waals surface area contributed by atoms with E-state index in [1.165, 1.54) is 0 Å². The number of carbonyl (C=O) groups is 3. The van der Waals surface area contributed by atoms with Crippen molar-refractivity contribution in [3.63, 3.8) is 0 Å². The molecule has 2 aliphatic rings. The molecule has 1 heterocycles. The van der Waals surface area contributed by atoms with Crippen LogP contribution in [0.5, 0.6) is 0 Å². The predicted molar refractivity (Wildman–Crippen MR) is 88.2 cm³/mol. The van der Waals surface area contributed by atoms with Crippen LogP contribution in [-0.4, -0.2) is 60.5 Å². The Kier molecular flexibility index (Phi) is 5.90. The van der Waals surface area contributed by atoms with E-state index in [2.05, 4.69) is 10.1 Å². The van der Waals surface area contributed by atoms with Crippen LogP contribution in [0.4, 0.5) is 22.0 Å². The normalized spacial score (nSPS) is 28.7. The maximum absolute atomic E-state index is 13.3. The molecule has 0 radical (unpaired) electrons. The highest BCUT2D eigenvalue weighted by molar-refractivity contribution is 7.86. The van der Waals surface area contributed by atoms with Gasteiger partial charge in [-0.15, -0.1) is 0 Å². The molecule has 0 aromatic rings. The van der Waals surface area contributed by atoms with Gasteiger partial charge in [-0.05, 0) is 19.8 Å². The molecule has 1 saturated carbocycles. The highest BCUT2D eigenvalue weighted by Gasteiger charge is 2.75. The van der Waals surface area contributed by atoms with Gasteiger partial charge in [0, 0.05) is 12.0 Å². The fourth-order valence-electron chi connectivity index (χ4n) is 3.82. The van der Waals surface area contributed by atoms with E-state index >= 15 is 0 Å². The van der Waals surface area contributed by atoms with Crippen LogP contribution >= 0.6 is 0 Å². The molecule has 178 valence electrons. The molecule has 1 saturated heterocycles. The van der Waals surface area contributed by atoms with Crippen molar-refractivity contribution in [2.45, 2.75) is 63.2 Å². The molecule has 1 aliphatic carbocycles. The zero-order valence-electron chi connectivity index (χ0n) is 16.5. The molecule has 31 heavy (non-hydrogen) atoms. The lowest BCUT2D eigenvalue weighted by Gasteiger charge is -2.35. The van der Waals surface area contributed by atoms with E-state index in [9.17, 15) is 49.3 Å². The summed E-state index contributed by atoms with van der Waals surface area (Å²) in [4.78, 5) is 36.3. The van der Waals surface area contributed by atoms with Crippen LogP contribution in [0.25, 0.3) is 0 Å². The molecule has 1 N–H and O–H groups in total. The second-order valence-electron chi connectivity index (χ2n) is 8.11. The van der Waals surface area contributed by atoms with E-state index in [-0.39, 0.29) is 6.42 Å². The van der Waals surface area contributed by atoms with Crippen LogP contribution < -0.4 is 5.32 Å². The third-order valence-electron chi connectivity index (χ3n) is 6.25. The van der Waals surface area contributed by atoms with Gasteiger partial charge >= 0.3 is 23.4 Å². The Balaban J connectivity index is 2.04. The fraction of sp³-hybridized carbons (Fsp3) is 0.812. The van der Waals surface area contributed by atoms with Gasteiger partial charge in [-0.1, -0.05) is 13.8 Å². The number of nitrogens with one attached hydrogen (secondary N) is 1. The molecule has 0 aromatic heterocycles. The van der Waals surface area contributed by atoms with Crippen molar-refractivity contribution in [2.75, 3.05) is 6.54 Å². The van der Waals surface area contributed by atoms with E-state index in [1.807, 2.05) is 0 Å². The molecule has 0 aromatic carbocycles. The Bertz CT molecular complexity index is 902. The monoisotopic (exact) mass is 480 g/mol. The number of carbonyl (C=O) groups excluding carboxylic acids is 3. The van der Waals surface area contributed by atoms with Gasteiger partial charge in [-0.25, -0.2) is 8.42 Å². The van der Waals surface area contributed by atoms with Crippen LogP contribution in [0.2, 0.25) is 0 Å². The molecule has 1 aliphatic heterocycles. The Labute approximate surface area is 173 Å². The minimum absolute atomic E-state index is 0.155. The Hall–Kier alpha value is -2.03. The van der Waals surface area contributed by atoms with E-state index in [0.29, 0.717) is 6.42 Å². The summed E-state index contributed by atoms with van der Waals surface area (Å²) in [5.74, 6) is -3.38. The van der Waals surface area contributed by atoms with Crippen LogP contribution in [-0.2, 0) is 34.0 Å². The largest absolute Gasteiger partial charge is 0.743 e. The summed E-state index contributed by atoms with van der Waals surface area (Å²) >= 11 is 0. The summed E-state index contributed by atoms with van der Waals surface area (Å²) < 4.78 is 105. The van der Waals surface area contributed by atoms with E-state index in [4.69, 9.17) is 4.74 Å². The Morgan fingerprint density at radius 2 is 1.74 bits per heavy atom. The minimum Gasteiger partial charge on any atom is -0.743 e. The van der Waals surface area contributed by atoms with Crippen molar-refractivity contribution in [3.8, 4) is 0 Å². The van der Waals surface area contributed by atoms with Crippen molar-refractivity contribution in [1.29, 1.82) is 0 Å². The standard InChI is InChI=1S/C16H20F5NO8S/c1-12(2)13(3)5-6-14(12,30-11(13)25)10(24)22-7-4-8(23)29-9(15(17,18)19)16(20,21)31(26,27)28/h9H,4-7H2,1-3H3,(H,22,24)(H,26,27,28)/p-1. The second-order valence-corrected chi connectivity index (χ2v) is 9.56. The first-order valence-corrected chi connectivity index (χ1v) is 10.3. The van der Waals surface area contributed by atoms with Gasteiger partial charge in [-0.3, -0.25) is 14.4 Å². The van der Waals surface area contributed by atoms with Gasteiger partial charge in [-0.2, -0.15) is 22.0 Å². The lowest BCUT2D eigenvalue weighted by molar-refractivity contribution is -0.259. The highest BCUT2D eigenvalue weighted by Crippen LogP contribution is 2.65. The molecule has 3 atom stereocenters. The molecular weight excluding hydrogens is 461 g/mol. The summed E-state index contributed by atoms with van der Waals surface area (Å²) in [5.41, 5.74) is -3.48. The van der Waals surface area contributed by atoms with Crippen LogP contribution in [0.3, 0.4) is 0 Å². The van der Waals surface area contributed by atoms with Gasteiger partial charge in [0.05, 0.1) is 11.8 Å². The molecule has 2 rings (SSSR count). The van der Waals surface area contributed by atoms with Crippen molar-refractivity contribution in [1.82, 2.24) is 5.32 Å². The van der Waals surface area contributed by atoms with E-state index in [0.717, 1.165) is 0 Å². The van der Waals surface area contributed by atoms with Crippen molar-refractivity contribution in [2.24, 2.45) is 10.8 Å². The van der Waals surface area contributed by atoms with Crippen LogP contribution in [0.15, 0.2) is 0 Å². The quantitative estimate of drug-likeness (QED) is 0.326. The maximum atomic E-state index is 13.3. The molecular formula is C16H19F5NO8S-. The number of ether oxygens (including phenoxy) is 2. The predicted octanol–water partition coefficient (Wildman–Crippen LogP) is 1.23. The first kappa shape index (κ1) is 25.2. The molecule has 2 bridgehead atoms. The number of amides is 1. The topological polar surface area (TPSA) is 139 Å². The number of rotatable bonds is 7. The van der Waals surface area contributed by atoms with Crippen molar-refractivity contribution < 1.29 is 58.8 Å². The SMILES string of the molecule is CC12CCC(C(=O)NCCC(=O)OC(C(F)(F)F)C(F)(F)S(=O)(=O)[O-])(OC1=O)C2(C)C. The summed E-state index contributed by atoms with van der Waals surface area (Å²) in [7, 11) is -6.81. The second kappa shape index (κ2) is 7.25. The zero-order chi connectivity index (χ0) is 24.3. The molecule has 1 amide bonds. The summed E-state index contributed by atoms with van der Waals surface area (Å²) in [6.45, 7) is 4.18. The molecule has 15 heteroatoms. The molecule has 9 nitrogen and oxygen atoms in total. The highest BCUT2D eigenvalue weighted by atomic mass is 32.2. The fourth-order valence-corrected chi connectivity index (χ4v) is 4.26. The molecule has 2 fully saturated rings. The zero-order valence-corrected chi connectivity index (χ0v) is 17.3. The number of hydrogen-bond donors (Lipinski definition) is 1. The van der Waals surface area contributed by atoms with Crippen molar-refractivity contribution >= 4 is 28.0 Å². The first-order chi connectivity index (χ1) is 13.7. The van der Waals surface area contributed by atoms with Crippen LogP contribution in [0, 0.1) is 10.8 Å². The number of alkyl halides is 5. The van der Waals surface area contributed by atoms with Gasteiger partial charge in [0.2, 0.25) is 0 Å². The average molecular weight is 480 g/mol. The maximum Gasteiger partial charge on any atom is 0.432 e. The molecule has 0 spiro atoms. The summed E-state index contributed by atoms with van der Waals surface area (Å²) in [5, 5.41) is -3.78. The summed E-state index contributed by atoms with van der Waals surface area (Å²) in [6.07, 6.45) is -11.2. The number of esters is 2. The van der Waals surface area contributed by atoms with Gasteiger partial charge in [0.25, 0.3) is 12.0 Å². The number of halogens is 5. The molecule has 3 unspecified atom stereocenters. The van der Waals surface area contributed by atoms with Gasteiger partial charge in [0.15, 0.2) is 15.7 Å². The third-order valence-corrected chi connectivity index (χ3v) is 7.13. The lowest BCUT2D eigenvalue weighted by atomic mass is 9.66. The Morgan fingerprint density at radius 1 is 1.19 bits per heavy atom. The number of hydrogen-bond acceptors (Lipinski definition) is 8. The lowest BCUT2D eigenvalue weighted by Crippen LogP contribution is -2.54. The Morgan fingerprint density at radius 3 is 2.13 bits per heavy atom. The van der Waals surface area contributed by atoms with Crippen LogP contribution in [0.1, 0.15) is 40.0 Å². The first-order valence-electron chi connectivity index (χ1n) is 8.85. The minimum atomic E-state index is -6.81. The van der Waals surface area contributed by atoms with E-state index in [1.54, 1.807) is 20.8 Å². The number of fused-ring (bicyclic) bond motifs is 2. The van der Waals surface area contributed by atoms with E-state index < -0.39 is 74.9 Å². The summed E-state index contributed by atoms with van der Waals surface area (Å²) in [6, 6.07) is 0. The van der Waals surface area contributed by atoms with Gasteiger partial charge < -0.3 is 19.3 Å². The van der Waals surface area contributed by atoms with Crippen molar-refractivity contribution in [3.05, 3.63) is 0 Å². The van der Waals surface area contributed by atoms with Gasteiger partial charge in [0.1, 0.15) is 0 Å². The smallest absolute Gasteiger partial charge is 0.432 e. The third kappa shape index (κ3) is 3.75. The average Bonchev–Trinajstić information content (AvgIpc) is 2.87.